The minimum atomic E-state index is -0.441. The monoisotopic (exact) mass is 852 g/mol. The number of aryl methyl sites for hydroxylation is 1. The van der Waals surface area contributed by atoms with Crippen LogP contribution in [-0.2, 0) is 21.4 Å². The van der Waals surface area contributed by atoms with Gasteiger partial charge in [0.25, 0.3) is 11.5 Å². The molecule has 0 radical (unpaired) electrons. The second kappa shape index (κ2) is 17.3. The number of aromatic nitrogens is 6. The van der Waals surface area contributed by atoms with Crippen LogP contribution in [0.1, 0.15) is 71.0 Å². The Balaban J connectivity index is 0.907. The molecule has 7 heterocycles. The number of ether oxygens (including phenoxy) is 1. The van der Waals surface area contributed by atoms with Crippen molar-refractivity contribution in [1.82, 2.24) is 44.8 Å². The van der Waals surface area contributed by atoms with E-state index >= 15 is 0 Å². The van der Waals surface area contributed by atoms with E-state index in [0.717, 1.165) is 67.8 Å². The number of hydrogen-bond donors (Lipinski definition) is 3. The molecule has 4 aromatic heterocycles. The molecule has 61 heavy (non-hydrogen) atoms. The maximum absolute atomic E-state index is 13.2. The fraction of sp³-hybridized carbons (Fsp3) is 0.488. The second-order valence-corrected chi connectivity index (χ2v) is 17.2. The number of benzene rings is 1. The summed E-state index contributed by atoms with van der Waals surface area (Å²) < 4.78 is 9.04. The zero-order valence-electron chi connectivity index (χ0n) is 35.4. The Morgan fingerprint density at radius 1 is 1.02 bits per heavy atom. The third-order valence-electron chi connectivity index (χ3n) is 12.2. The van der Waals surface area contributed by atoms with Crippen molar-refractivity contribution >= 4 is 74.4 Å². The van der Waals surface area contributed by atoms with Crippen LogP contribution in [0, 0.1) is 5.92 Å². The van der Waals surface area contributed by atoms with E-state index in [1.807, 2.05) is 43.8 Å². The number of halogens is 1. The number of nitrogens with zero attached hydrogens (tertiary/aromatic N) is 9. The van der Waals surface area contributed by atoms with Gasteiger partial charge in [-0.1, -0.05) is 23.7 Å². The maximum Gasteiger partial charge on any atom is 0.294 e. The minimum Gasteiger partial charge on any atom is -0.478 e. The molecule has 5 aromatic rings. The van der Waals surface area contributed by atoms with Crippen LogP contribution in [0.25, 0.3) is 21.9 Å². The number of imide groups is 1. The number of carbonyl (C=O) groups is 3. The first-order valence-corrected chi connectivity index (χ1v) is 21.4. The molecule has 1 aromatic carbocycles. The lowest BCUT2D eigenvalue weighted by atomic mass is 9.92. The summed E-state index contributed by atoms with van der Waals surface area (Å²) in [6.07, 6.45) is 6.03. The summed E-state index contributed by atoms with van der Waals surface area (Å²) in [7, 11) is 3.44. The Labute approximate surface area is 358 Å². The largest absolute Gasteiger partial charge is 0.478 e. The van der Waals surface area contributed by atoms with Gasteiger partial charge in [-0.3, -0.25) is 38.6 Å². The fourth-order valence-corrected chi connectivity index (χ4v) is 9.28. The van der Waals surface area contributed by atoms with Crippen LogP contribution in [0.2, 0.25) is 5.02 Å². The lowest BCUT2D eigenvalue weighted by Gasteiger charge is -2.47. The molecule has 3 aliphatic heterocycles. The first kappa shape index (κ1) is 41.9. The number of carbonyl (C=O) groups excluding carboxylic acids is 3. The third kappa shape index (κ3) is 8.45. The van der Waals surface area contributed by atoms with Crippen LogP contribution in [-0.4, -0.2) is 110 Å². The molecule has 3 atom stereocenters. The fourth-order valence-electron chi connectivity index (χ4n) is 9.14. The number of hydrogen-bond acceptors (Lipinski definition) is 13. The lowest BCUT2D eigenvalue weighted by Crippen LogP contribution is -2.58. The minimum absolute atomic E-state index is 0.0581. The average Bonchev–Trinajstić information content (AvgIpc) is 3.57. The Morgan fingerprint density at radius 3 is 2.48 bits per heavy atom. The number of nitrogens with one attached hydrogen (secondary N) is 3. The molecule has 3 amide bonds. The van der Waals surface area contributed by atoms with Gasteiger partial charge in [0.1, 0.15) is 10.7 Å². The first-order valence-electron chi connectivity index (χ1n) is 21.0. The van der Waals surface area contributed by atoms with E-state index < -0.39 is 5.92 Å². The molecule has 0 spiro atoms. The number of fused-ring (bicyclic) bond motifs is 2. The Hall–Kier alpha value is -5.81. The maximum atomic E-state index is 13.2. The van der Waals surface area contributed by atoms with Crippen molar-refractivity contribution in [1.29, 1.82) is 0 Å². The van der Waals surface area contributed by atoms with Gasteiger partial charge >= 0.3 is 0 Å². The van der Waals surface area contributed by atoms with Gasteiger partial charge in [0, 0.05) is 82.1 Å². The lowest BCUT2D eigenvalue weighted by molar-refractivity contribution is -0.134. The Morgan fingerprint density at radius 2 is 1.77 bits per heavy atom. The summed E-state index contributed by atoms with van der Waals surface area (Å²) in [5, 5.41) is 15.1. The molecular formula is C43H53ClN12O5. The molecule has 17 nitrogen and oxygen atoms in total. The van der Waals surface area contributed by atoms with E-state index in [2.05, 4.69) is 60.5 Å². The van der Waals surface area contributed by atoms with Crippen LogP contribution < -0.4 is 36.0 Å². The summed E-state index contributed by atoms with van der Waals surface area (Å²) >= 11 is 6.62. The molecule has 0 aliphatic carbocycles. The highest BCUT2D eigenvalue weighted by atomic mass is 35.5. The molecule has 0 bridgehead atoms. The standard InChI is InChI=1S/C43H53ClN12O5/c1-24(2)56-40-28(17-34(42(56)60)61-23-36(58)45-5)16-29(18-46-40)48-39-32(44)19-47-43(50-39)53-14-12-27(13-15-53)22-55-25(3)20-54(21-26(55)4)33-9-7-8-30-37(51-52(6)38(30)33)31-10-11-35(57)49-41(31)59/h7-9,16-19,24-27,31H,10-15,20-23H2,1-6H3,(H,45,58)(H,47,48,50)(H,49,57,59)/t25-,26-,31?/m0/s1. The van der Waals surface area contributed by atoms with Gasteiger partial charge in [-0.25, -0.2) is 9.97 Å². The predicted octanol–water partition coefficient (Wildman–Crippen LogP) is 4.51. The van der Waals surface area contributed by atoms with Crippen LogP contribution in [0.15, 0.2) is 47.5 Å². The Bertz CT molecular complexity index is 2540. The highest BCUT2D eigenvalue weighted by Gasteiger charge is 2.35. The van der Waals surface area contributed by atoms with Crippen molar-refractivity contribution in [2.75, 3.05) is 61.5 Å². The van der Waals surface area contributed by atoms with Gasteiger partial charge in [-0.05, 0) is 71.1 Å². The normalized spacial score (nSPS) is 20.4. The molecule has 322 valence electrons. The Kier molecular flexibility index (Phi) is 11.9. The number of anilines is 4. The smallest absolute Gasteiger partial charge is 0.294 e. The van der Waals surface area contributed by atoms with E-state index in [1.54, 1.807) is 23.0 Å². The second-order valence-electron chi connectivity index (χ2n) is 16.8. The summed E-state index contributed by atoms with van der Waals surface area (Å²) in [6.45, 7) is 12.5. The molecule has 1 unspecified atom stereocenters. The SMILES string of the molecule is CNC(=O)COc1cc2cc(Nc3nc(N4CCC(CN5[C@@H](C)CN(c6cccc7c(C8CCC(=O)NC8=O)nn(C)c67)C[C@@H]5C)CC4)ncc3Cl)cnc2n(C(C)C)c1=O. The summed E-state index contributed by atoms with van der Waals surface area (Å²) in [5.74, 6) is 0.332. The van der Waals surface area contributed by atoms with E-state index in [9.17, 15) is 19.2 Å². The van der Waals surface area contributed by atoms with Crippen molar-refractivity contribution in [2.45, 2.75) is 77.4 Å². The predicted molar refractivity (Wildman–Crippen MR) is 235 cm³/mol. The molecule has 8 rings (SSSR count). The highest BCUT2D eigenvalue weighted by molar-refractivity contribution is 6.33. The highest BCUT2D eigenvalue weighted by Crippen LogP contribution is 2.37. The van der Waals surface area contributed by atoms with Crippen molar-refractivity contribution in [2.24, 2.45) is 13.0 Å². The number of para-hydroxylation sites is 1. The number of piperazine rings is 1. The molecule has 18 heteroatoms. The van der Waals surface area contributed by atoms with Crippen molar-refractivity contribution in [3.63, 3.8) is 0 Å². The molecule has 3 fully saturated rings. The number of pyridine rings is 2. The van der Waals surface area contributed by atoms with E-state index in [0.29, 0.717) is 64.4 Å². The first-order chi connectivity index (χ1) is 29.3. The van der Waals surface area contributed by atoms with Crippen molar-refractivity contribution in [3.05, 3.63) is 63.8 Å². The van der Waals surface area contributed by atoms with Crippen LogP contribution in [0.4, 0.5) is 23.1 Å². The quantitative estimate of drug-likeness (QED) is 0.158. The number of piperidine rings is 2. The van der Waals surface area contributed by atoms with Crippen LogP contribution in [0.5, 0.6) is 5.75 Å². The summed E-state index contributed by atoms with van der Waals surface area (Å²) in [5.41, 5.74) is 3.60. The third-order valence-corrected chi connectivity index (χ3v) is 12.5. The van der Waals surface area contributed by atoms with Gasteiger partial charge in [-0.2, -0.15) is 10.1 Å². The molecule has 3 aliphatic rings. The molecule has 3 N–H and O–H groups in total. The van der Waals surface area contributed by atoms with Gasteiger partial charge in [-0.15, -0.1) is 0 Å². The van der Waals surface area contributed by atoms with E-state index in [4.69, 9.17) is 26.4 Å². The molecule has 3 saturated heterocycles. The van der Waals surface area contributed by atoms with Gasteiger partial charge in [0.2, 0.25) is 17.8 Å². The number of amides is 3. The summed E-state index contributed by atoms with van der Waals surface area (Å²) in [4.78, 5) is 71.0. The van der Waals surface area contributed by atoms with E-state index in [1.165, 1.54) is 7.05 Å². The van der Waals surface area contributed by atoms with Gasteiger partial charge in [0.05, 0.1) is 40.9 Å². The summed E-state index contributed by atoms with van der Waals surface area (Å²) in [6, 6.07) is 10.1. The van der Waals surface area contributed by atoms with Crippen LogP contribution >= 0.6 is 11.6 Å². The van der Waals surface area contributed by atoms with Crippen molar-refractivity contribution in [3.8, 4) is 5.75 Å². The average molecular weight is 853 g/mol. The van der Waals surface area contributed by atoms with Gasteiger partial charge in [0.15, 0.2) is 18.2 Å². The van der Waals surface area contributed by atoms with Crippen molar-refractivity contribution < 1.29 is 19.1 Å². The zero-order chi connectivity index (χ0) is 43.1. The molecule has 0 saturated carbocycles. The zero-order valence-corrected chi connectivity index (χ0v) is 36.2. The number of likely N-dealkylation sites (N-methyl/N-ethyl adjacent to an activating group) is 1. The van der Waals surface area contributed by atoms with Gasteiger partial charge < -0.3 is 25.2 Å². The van der Waals surface area contributed by atoms with E-state index in [-0.39, 0.29) is 41.7 Å². The molecular weight excluding hydrogens is 800 g/mol. The topological polar surface area (TPSA) is 185 Å². The number of rotatable bonds is 11. The van der Waals surface area contributed by atoms with Crippen LogP contribution in [0.3, 0.4) is 0 Å².